The smallest absolute Gasteiger partial charge is 0.301 e. The molecule has 9 heteroatoms. The van der Waals surface area contributed by atoms with Gasteiger partial charge in [-0.25, -0.2) is 4.98 Å². The summed E-state index contributed by atoms with van der Waals surface area (Å²) in [4.78, 5) is 33.6. The molecule has 1 saturated heterocycles. The maximum Gasteiger partial charge on any atom is 0.301 e. The molecule has 7 rings (SSSR count). The Morgan fingerprint density at radius 2 is 1.77 bits per heavy atom. The van der Waals surface area contributed by atoms with E-state index in [4.69, 9.17) is 19.2 Å². The van der Waals surface area contributed by atoms with E-state index in [-0.39, 0.29) is 17.4 Å². The minimum atomic E-state index is -0.954. The highest BCUT2D eigenvalue weighted by Gasteiger charge is 2.48. The third-order valence-corrected chi connectivity index (χ3v) is 8.57. The summed E-state index contributed by atoms with van der Waals surface area (Å²) in [5, 5.41) is 12.0. The van der Waals surface area contributed by atoms with Crippen LogP contribution in [-0.4, -0.2) is 35.0 Å². The van der Waals surface area contributed by atoms with Crippen LogP contribution in [0.15, 0.2) is 96.6 Å². The molecule has 3 heterocycles. The number of aromatic nitrogens is 1. The standard InChI is InChI=1S/C34H26N2O6S/c1-19-15-22-16-21(11-14-27(22)41-19)31(37)29-30(20-7-6-10-25(17-20)42-23-8-4-3-5-9-23)36(33(39)32(29)38)34-35-26-13-12-24(40-2)18-28(26)43-34/h3-14,16-19,30,37H,15H2,1-2H3/t19-,30+/m1/s1. The van der Waals surface area contributed by atoms with Crippen LogP contribution < -0.4 is 19.1 Å². The van der Waals surface area contributed by atoms with Crippen LogP contribution in [0.4, 0.5) is 5.13 Å². The van der Waals surface area contributed by atoms with Crippen LogP contribution in [0.2, 0.25) is 0 Å². The number of methoxy groups -OCH3 is 1. The Hall–Kier alpha value is -5.15. The molecule has 0 spiro atoms. The van der Waals surface area contributed by atoms with Crippen molar-refractivity contribution in [2.75, 3.05) is 12.0 Å². The highest BCUT2D eigenvalue weighted by atomic mass is 32.1. The Morgan fingerprint density at radius 3 is 2.58 bits per heavy atom. The molecule has 1 N–H and O–H groups in total. The van der Waals surface area contributed by atoms with Crippen molar-refractivity contribution < 1.29 is 28.9 Å². The zero-order valence-electron chi connectivity index (χ0n) is 23.3. The molecule has 0 aliphatic carbocycles. The number of Topliss-reactive ketones (excluding diaryl/α,β-unsaturated/α-hetero) is 1. The summed E-state index contributed by atoms with van der Waals surface area (Å²) in [6.07, 6.45) is 0.699. The minimum absolute atomic E-state index is 0.0167. The number of aliphatic hydroxyl groups is 1. The molecule has 2 aliphatic rings. The molecule has 8 nitrogen and oxygen atoms in total. The Labute approximate surface area is 251 Å². The zero-order valence-corrected chi connectivity index (χ0v) is 24.1. The predicted molar refractivity (Wildman–Crippen MR) is 164 cm³/mol. The van der Waals surface area contributed by atoms with Gasteiger partial charge >= 0.3 is 5.91 Å². The lowest BCUT2D eigenvalue weighted by Crippen LogP contribution is -2.29. The molecule has 0 radical (unpaired) electrons. The van der Waals surface area contributed by atoms with E-state index in [2.05, 4.69) is 0 Å². The van der Waals surface area contributed by atoms with Crippen molar-refractivity contribution >= 4 is 44.1 Å². The number of para-hydroxylation sites is 1. The fourth-order valence-corrected chi connectivity index (χ4v) is 6.59. The van der Waals surface area contributed by atoms with Gasteiger partial charge in [0.1, 0.15) is 34.9 Å². The number of carbonyl (C=O) groups excluding carboxylic acids is 2. The van der Waals surface area contributed by atoms with E-state index in [1.165, 1.54) is 16.2 Å². The second-order valence-corrected chi connectivity index (χ2v) is 11.5. The lowest BCUT2D eigenvalue weighted by atomic mass is 9.94. The highest BCUT2D eigenvalue weighted by Crippen LogP contribution is 2.46. The van der Waals surface area contributed by atoms with Crippen LogP contribution in [0.25, 0.3) is 16.0 Å². The molecule has 5 aromatic rings. The van der Waals surface area contributed by atoms with Gasteiger partial charge in [0.05, 0.1) is 28.9 Å². The summed E-state index contributed by atoms with van der Waals surface area (Å²) in [5.41, 5.74) is 2.59. The number of fused-ring (bicyclic) bond motifs is 2. The average Bonchev–Trinajstić information content (AvgIpc) is 3.69. The van der Waals surface area contributed by atoms with Crippen molar-refractivity contribution in [3.63, 3.8) is 0 Å². The maximum absolute atomic E-state index is 13.8. The third-order valence-electron chi connectivity index (χ3n) is 7.56. The number of carbonyl (C=O) groups is 2. The fraction of sp³-hybridized carbons (Fsp3) is 0.147. The number of benzene rings is 4. The Morgan fingerprint density at radius 1 is 0.953 bits per heavy atom. The monoisotopic (exact) mass is 590 g/mol. The molecule has 2 aliphatic heterocycles. The summed E-state index contributed by atoms with van der Waals surface area (Å²) in [5.74, 6) is 0.739. The number of ketones is 1. The summed E-state index contributed by atoms with van der Waals surface area (Å²) in [6, 6.07) is 26.3. The lowest BCUT2D eigenvalue weighted by Gasteiger charge is -2.23. The van der Waals surface area contributed by atoms with Crippen LogP contribution in [0, 0.1) is 0 Å². The number of hydrogen-bond acceptors (Lipinski definition) is 8. The van der Waals surface area contributed by atoms with Crippen molar-refractivity contribution in [3.05, 3.63) is 113 Å². The second kappa shape index (κ2) is 10.6. The average molecular weight is 591 g/mol. The highest BCUT2D eigenvalue weighted by molar-refractivity contribution is 7.22. The molecule has 1 amide bonds. The van der Waals surface area contributed by atoms with E-state index in [9.17, 15) is 14.7 Å². The van der Waals surface area contributed by atoms with Crippen LogP contribution in [0.5, 0.6) is 23.0 Å². The van der Waals surface area contributed by atoms with Crippen LogP contribution in [-0.2, 0) is 16.0 Å². The Bertz CT molecular complexity index is 1930. The quantitative estimate of drug-likeness (QED) is 0.129. The molecule has 1 fully saturated rings. The van der Waals surface area contributed by atoms with E-state index < -0.39 is 17.7 Å². The van der Waals surface area contributed by atoms with Crippen LogP contribution >= 0.6 is 11.3 Å². The molecule has 1 aromatic heterocycles. The summed E-state index contributed by atoms with van der Waals surface area (Å²) < 4.78 is 18.1. The number of aliphatic hydroxyl groups excluding tert-OH is 1. The first-order valence-corrected chi connectivity index (χ1v) is 14.6. The van der Waals surface area contributed by atoms with Crippen molar-refractivity contribution in [2.45, 2.75) is 25.5 Å². The van der Waals surface area contributed by atoms with Gasteiger partial charge in [0, 0.05) is 12.0 Å². The molecular weight excluding hydrogens is 564 g/mol. The molecule has 43 heavy (non-hydrogen) atoms. The van der Waals surface area contributed by atoms with E-state index in [0.717, 1.165) is 16.0 Å². The number of hydrogen-bond donors (Lipinski definition) is 1. The summed E-state index contributed by atoms with van der Waals surface area (Å²) in [7, 11) is 1.58. The third kappa shape index (κ3) is 4.77. The molecule has 0 saturated carbocycles. The zero-order chi connectivity index (χ0) is 29.7. The van der Waals surface area contributed by atoms with Crippen LogP contribution in [0.1, 0.15) is 29.7 Å². The van der Waals surface area contributed by atoms with Crippen molar-refractivity contribution in [3.8, 4) is 23.0 Å². The van der Waals surface area contributed by atoms with E-state index >= 15 is 0 Å². The first-order valence-electron chi connectivity index (χ1n) is 13.8. The van der Waals surface area contributed by atoms with E-state index in [1.54, 1.807) is 43.5 Å². The SMILES string of the molecule is COc1ccc2nc(N3C(=O)C(=O)C(=C(O)c4ccc5c(c4)C[C@@H](C)O5)[C@@H]3c3cccc(Oc4ccccc4)c3)sc2c1. The van der Waals surface area contributed by atoms with Crippen LogP contribution in [0.3, 0.4) is 0 Å². The largest absolute Gasteiger partial charge is 0.507 e. The fourth-order valence-electron chi connectivity index (χ4n) is 5.57. The predicted octanol–water partition coefficient (Wildman–Crippen LogP) is 7.05. The topological polar surface area (TPSA) is 98.2 Å². The number of amides is 1. The minimum Gasteiger partial charge on any atom is -0.507 e. The number of rotatable bonds is 6. The number of nitrogens with zero attached hydrogens (tertiary/aromatic N) is 2. The normalized spacial score (nSPS) is 19.0. The lowest BCUT2D eigenvalue weighted by molar-refractivity contribution is -0.132. The van der Waals surface area contributed by atoms with Gasteiger partial charge in [-0.2, -0.15) is 0 Å². The Balaban J connectivity index is 1.38. The molecule has 0 unspecified atom stereocenters. The second-order valence-electron chi connectivity index (χ2n) is 10.4. The van der Waals surface area contributed by atoms with Gasteiger partial charge in [0.15, 0.2) is 5.13 Å². The number of ether oxygens (including phenoxy) is 3. The van der Waals surface area contributed by atoms with Gasteiger partial charge in [-0.05, 0) is 78.7 Å². The number of anilines is 1. The Kier molecular flexibility index (Phi) is 6.59. The van der Waals surface area contributed by atoms with E-state index in [0.29, 0.717) is 45.4 Å². The van der Waals surface area contributed by atoms with Gasteiger partial charge in [0.25, 0.3) is 5.78 Å². The van der Waals surface area contributed by atoms with Crippen molar-refractivity contribution in [1.82, 2.24) is 4.98 Å². The molecular formula is C34H26N2O6S. The summed E-state index contributed by atoms with van der Waals surface area (Å²) >= 11 is 1.27. The van der Waals surface area contributed by atoms with Gasteiger partial charge < -0.3 is 19.3 Å². The molecule has 2 atom stereocenters. The van der Waals surface area contributed by atoms with Gasteiger partial charge in [-0.3, -0.25) is 14.5 Å². The first-order chi connectivity index (χ1) is 20.9. The van der Waals surface area contributed by atoms with Gasteiger partial charge in [-0.15, -0.1) is 0 Å². The van der Waals surface area contributed by atoms with E-state index in [1.807, 2.05) is 61.5 Å². The molecule has 214 valence electrons. The molecule has 4 aromatic carbocycles. The first kappa shape index (κ1) is 26.7. The van der Waals surface area contributed by atoms with Gasteiger partial charge in [0.2, 0.25) is 0 Å². The van der Waals surface area contributed by atoms with Gasteiger partial charge in [-0.1, -0.05) is 41.7 Å². The summed E-state index contributed by atoms with van der Waals surface area (Å²) in [6.45, 7) is 1.98. The maximum atomic E-state index is 13.8. The molecule has 0 bridgehead atoms. The number of thiazole rings is 1. The van der Waals surface area contributed by atoms with Crippen molar-refractivity contribution in [1.29, 1.82) is 0 Å². The van der Waals surface area contributed by atoms with Crippen molar-refractivity contribution in [2.24, 2.45) is 0 Å².